The van der Waals surface area contributed by atoms with Gasteiger partial charge in [0, 0.05) is 24.0 Å². The van der Waals surface area contributed by atoms with Crippen LogP contribution in [0.5, 0.6) is 0 Å². The summed E-state index contributed by atoms with van der Waals surface area (Å²) in [6, 6.07) is 2.40. The van der Waals surface area contributed by atoms with E-state index < -0.39 is 0 Å². The molecule has 82 valence electrons. The molecule has 1 aromatic rings. The molecule has 0 aromatic carbocycles. The van der Waals surface area contributed by atoms with Gasteiger partial charge in [-0.15, -0.1) is 0 Å². The van der Waals surface area contributed by atoms with Crippen LogP contribution in [-0.2, 0) is 0 Å². The number of nitrogens with two attached hydrogens (primary N) is 1. The quantitative estimate of drug-likeness (QED) is 0.768. The van der Waals surface area contributed by atoms with Gasteiger partial charge in [0.1, 0.15) is 5.82 Å². The molecule has 0 spiro atoms. The number of hydrogen-bond donors (Lipinski definition) is 1. The largest absolute Gasteiger partial charge is 0.383 e. The highest BCUT2D eigenvalue weighted by Gasteiger charge is 2.00. The molecule has 0 saturated heterocycles. The molecule has 0 unspecified atom stereocenters. The van der Waals surface area contributed by atoms with Crippen molar-refractivity contribution in [2.75, 3.05) is 5.73 Å². The lowest BCUT2D eigenvalue weighted by Crippen LogP contribution is -2.03. The molecule has 0 fully saturated rings. The molecular formula is C12H19N3. The second-order valence-corrected chi connectivity index (χ2v) is 3.74. The molecule has 0 bridgehead atoms. The molecule has 3 nitrogen and oxygen atoms in total. The Hall–Kier alpha value is -1.38. The van der Waals surface area contributed by atoms with E-state index in [1.165, 1.54) is 0 Å². The molecule has 1 aromatic heterocycles. The number of pyridine rings is 1. The number of aryl methyl sites for hydroxylation is 1. The van der Waals surface area contributed by atoms with Gasteiger partial charge in [0.15, 0.2) is 0 Å². The Bertz CT molecular complexity index is 341. The van der Waals surface area contributed by atoms with E-state index in [1.54, 1.807) is 6.20 Å². The van der Waals surface area contributed by atoms with Gasteiger partial charge in [-0.05, 0) is 31.4 Å². The molecule has 0 aliphatic rings. The van der Waals surface area contributed by atoms with E-state index in [2.05, 4.69) is 23.8 Å². The molecule has 1 heterocycles. The van der Waals surface area contributed by atoms with Crippen LogP contribution < -0.4 is 5.73 Å². The summed E-state index contributed by atoms with van der Waals surface area (Å²) < 4.78 is 0. The second-order valence-electron chi connectivity index (χ2n) is 3.74. The molecule has 0 amide bonds. The van der Waals surface area contributed by atoms with Gasteiger partial charge in [-0.2, -0.15) is 0 Å². The molecule has 0 aliphatic carbocycles. The zero-order valence-electron chi connectivity index (χ0n) is 9.70. The highest BCUT2D eigenvalue weighted by molar-refractivity contribution is 5.85. The van der Waals surface area contributed by atoms with Crippen LogP contribution in [0.25, 0.3) is 0 Å². The van der Waals surface area contributed by atoms with Crippen LogP contribution in [0.4, 0.5) is 5.82 Å². The van der Waals surface area contributed by atoms with E-state index in [4.69, 9.17) is 5.73 Å². The van der Waals surface area contributed by atoms with Gasteiger partial charge in [-0.1, -0.05) is 13.8 Å². The first-order chi connectivity index (χ1) is 7.17. The Morgan fingerprint density at radius 2 is 2.13 bits per heavy atom. The molecule has 3 heteroatoms. The Morgan fingerprint density at radius 1 is 1.47 bits per heavy atom. The highest BCUT2D eigenvalue weighted by atomic mass is 14.8. The van der Waals surface area contributed by atoms with Crippen LogP contribution in [0.15, 0.2) is 17.3 Å². The Morgan fingerprint density at radius 3 is 2.73 bits per heavy atom. The van der Waals surface area contributed by atoms with Gasteiger partial charge in [-0.25, -0.2) is 4.98 Å². The van der Waals surface area contributed by atoms with Gasteiger partial charge >= 0.3 is 0 Å². The first-order valence-corrected chi connectivity index (χ1v) is 5.42. The summed E-state index contributed by atoms with van der Waals surface area (Å²) in [5, 5.41) is 0. The maximum atomic E-state index is 5.76. The van der Waals surface area contributed by atoms with E-state index in [0.717, 1.165) is 24.0 Å². The minimum Gasteiger partial charge on any atom is -0.383 e. The molecule has 0 radical (unpaired) electrons. The summed E-state index contributed by atoms with van der Waals surface area (Å²) in [6.07, 6.45) is 5.73. The van der Waals surface area contributed by atoms with Crippen molar-refractivity contribution >= 4 is 12.0 Å². The first-order valence-electron chi connectivity index (χ1n) is 5.42. The average Bonchev–Trinajstić information content (AvgIpc) is 2.24. The van der Waals surface area contributed by atoms with Crippen molar-refractivity contribution < 1.29 is 0 Å². The van der Waals surface area contributed by atoms with E-state index in [-0.39, 0.29) is 0 Å². The third-order valence-electron chi connectivity index (χ3n) is 2.45. The smallest absolute Gasteiger partial charge is 0.132 e. The van der Waals surface area contributed by atoms with Gasteiger partial charge < -0.3 is 5.73 Å². The van der Waals surface area contributed by atoms with Crippen molar-refractivity contribution in [2.45, 2.75) is 39.7 Å². The number of aromatic nitrogens is 1. The van der Waals surface area contributed by atoms with Crippen LogP contribution in [0, 0.1) is 6.92 Å². The number of nitrogen functional groups attached to an aromatic ring is 1. The maximum Gasteiger partial charge on any atom is 0.132 e. The van der Waals surface area contributed by atoms with Crippen molar-refractivity contribution in [1.82, 2.24) is 4.98 Å². The minimum absolute atomic E-state index is 0.393. The number of nitrogens with zero attached hydrogens (tertiary/aromatic N) is 2. The van der Waals surface area contributed by atoms with Crippen molar-refractivity contribution in [3.8, 4) is 0 Å². The Labute approximate surface area is 91.4 Å². The number of aliphatic imine (C=N–C) groups is 1. The maximum absolute atomic E-state index is 5.76. The minimum atomic E-state index is 0.393. The zero-order chi connectivity index (χ0) is 11.3. The van der Waals surface area contributed by atoms with Gasteiger partial charge in [0.05, 0.1) is 0 Å². The molecule has 0 aliphatic heterocycles. The Balaban J connectivity index is 2.83. The molecule has 2 N–H and O–H groups in total. The molecule has 0 atom stereocenters. The van der Waals surface area contributed by atoms with Crippen molar-refractivity contribution in [3.05, 3.63) is 23.4 Å². The summed E-state index contributed by atoms with van der Waals surface area (Å²) in [4.78, 5) is 8.58. The third kappa shape index (κ3) is 3.35. The van der Waals surface area contributed by atoms with Crippen LogP contribution in [0.3, 0.4) is 0 Å². The normalized spacial score (nSPS) is 11.5. The van der Waals surface area contributed by atoms with Gasteiger partial charge in [0.25, 0.3) is 0 Å². The monoisotopic (exact) mass is 205 g/mol. The van der Waals surface area contributed by atoms with Gasteiger partial charge in [-0.3, -0.25) is 4.99 Å². The van der Waals surface area contributed by atoms with Crippen molar-refractivity contribution in [3.63, 3.8) is 0 Å². The van der Waals surface area contributed by atoms with Gasteiger partial charge in [0.2, 0.25) is 0 Å². The predicted octanol–water partition coefficient (Wildman–Crippen LogP) is 2.58. The fraction of sp³-hybridized carbons (Fsp3) is 0.500. The van der Waals surface area contributed by atoms with Crippen LogP contribution in [-0.4, -0.2) is 17.2 Å². The van der Waals surface area contributed by atoms with Crippen molar-refractivity contribution in [1.29, 1.82) is 0 Å². The SMILES string of the molecule is CCC(CC)N=Cc1cc(C)cnc1N. The summed E-state index contributed by atoms with van der Waals surface area (Å²) >= 11 is 0. The lowest BCUT2D eigenvalue weighted by molar-refractivity contribution is 0.634. The van der Waals surface area contributed by atoms with Crippen LogP contribution >= 0.6 is 0 Å². The van der Waals surface area contributed by atoms with Crippen molar-refractivity contribution in [2.24, 2.45) is 4.99 Å². The molecular weight excluding hydrogens is 186 g/mol. The van der Waals surface area contributed by atoms with E-state index in [0.29, 0.717) is 11.9 Å². The third-order valence-corrected chi connectivity index (χ3v) is 2.45. The summed E-state index contributed by atoms with van der Waals surface area (Å²) in [5.41, 5.74) is 7.78. The highest BCUT2D eigenvalue weighted by Crippen LogP contribution is 2.09. The topological polar surface area (TPSA) is 51.3 Å². The standard InChI is InChI=1S/C12H19N3/c1-4-11(5-2)14-8-10-6-9(3)7-15-12(10)13/h6-8,11H,4-5H2,1-3H3,(H2,13,15). The fourth-order valence-electron chi connectivity index (χ4n) is 1.39. The zero-order valence-corrected chi connectivity index (χ0v) is 9.70. The van der Waals surface area contributed by atoms with E-state index >= 15 is 0 Å². The van der Waals surface area contributed by atoms with E-state index in [1.807, 2.05) is 19.2 Å². The molecule has 15 heavy (non-hydrogen) atoms. The lowest BCUT2D eigenvalue weighted by atomic mass is 10.2. The molecule has 1 rings (SSSR count). The van der Waals surface area contributed by atoms with E-state index in [9.17, 15) is 0 Å². The summed E-state index contributed by atoms with van der Waals surface area (Å²) in [5.74, 6) is 0.551. The van der Waals surface area contributed by atoms with Crippen LogP contribution in [0.2, 0.25) is 0 Å². The summed E-state index contributed by atoms with van der Waals surface area (Å²) in [6.45, 7) is 6.29. The number of anilines is 1. The number of hydrogen-bond acceptors (Lipinski definition) is 3. The molecule has 0 saturated carbocycles. The fourth-order valence-corrected chi connectivity index (χ4v) is 1.39. The first kappa shape index (κ1) is 11.7. The predicted molar refractivity (Wildman–Crippen MR) is 65.4 cm³/mol. The lowest BCUT2D eigenvalue weighted by Gasteiger charge is -2.06. The number of rotatable bonds is 4. The summed E-state index contributed by atoms with van der Waals surface area (Å²) in [7, 11) is 0. The second kappa shape index (κ2) is 5.49. The average molecular weight is 205 g/mol. The van der Waals surface area contributed by atoms with Crippen LogP contribution in [0.1, 0.15) is 37.8 Å². The Kier molecular flexibility index (Phi) is 4.28.